The van der Waals surface area contributed by atoms with Crippen molar-refractivity contribution in [1.82, 2.24) is 0 Å². The van der Waals surface area contributed by atoms with Gasteiger partial charge in [-0.15, -0.1) is 0 Å². The molecule has 0 unspecified atom stereocenters. The van der Waals surface area contributed by atoms with E-state index in [0.29, 0.717) is 0 Å². The number of aryl methyl sites for hydroxylation is 1. The van der Waals surface area contributed by atoms with Crippen molar-refractivity contribution in [3.05, 3.63) is 35.4 Å². The zero-order valence-corrected chi connectivity index (χ0v) is 13.5. The molecule has 0 spiro atoms. The van der Waals surface area contributed by atoms with Crippen molar-refractivity contribution in [1.29, 1.82) is 0 Å². The molecule has 3 heteroatoms. The Bertz CT molecular complexity index is 353. The van der Waals surface area contributed by atoms with Gasteiger partial charge < -0.3 is 10.2 Å². The third-order valence-electron chi connectivity index (χ3n) is 3.24. The average molecular weight is 294 g/mol. The first-order valence-electron chi connectivity index (χ1n) is 7.98. The Morgan fingerprint density at radius 2 is 1.33 bits per heavy atom. The first kappa shape index (κ1) is 19.7. The first-order chi connectivity index (χ1) is 10.1. The van der Waals surface area contributed by atoms with Gasteiger partial charge in [0.1, 0.15) is 0 Å². The second kappa shape index (κ2) is 13.6. The number of carboxylic acids is 1. The summed E-state index contributed by atoms with van der Waals surface area (Å²) in [6.45, 7) is 3.59. The molecule has 0 saturated heterocycles. The number of carbonyl (C=O) groups is 1. The van der Waals surface area contributed by atoms with Crippen molar-refractivity contribution in [3.8, 4) is 0 Å². The van der Waals surface area contributed by atoms with Crippen LogP contribution >= 0.6 is 0 Å². The molecule has 0 aliphatic rings. The molecule has 21 heavy (non-hydrogen) atoms. The Balaban J connectivity index is 0.000000885. The van der Waals surface area contributed by atoms with Crippen LogP contribution in [0.1, 0.15) is 63.5 Å². The zero-order valence-electron chi connectivity index (χ0n) is 13.5. The summed E-state index contributed by atoms with van der Waals surface area (Å²) in [5.74, 6) is -0.833. The maximum Gasteiger partial charge on any atom is 0.300 e. The lowest BCUT2D eigenvalue weighted by atomic mass is 10.0. The summed E-state index contributed by atoms with van der Waals surface area (Å²) in [4.78, 5) is 9.00. The maximum absolute atomic E-state index is 9.00. The molecule has 2 N–H and O–H groups in total. The van der Waals surface area contributed by atoms with E-state index in [2.05, 4.69) is 31.2 Å². The monoisotopic (exact) mass is 294 g/mol. The van der Waals surface area contributed by atoms with Crippen LogP contribution in [0.3, 0.4) is 0 Å². The van der Waals surface area contributed by atoms with E-state index in [9.17, 15) is 0 Å². The molecular formula is C18H30O3. The van der Waals surface area contributed by atoms with Crippen LogP contribution in [-0.2, 0) is 17.6 Å². The van der Waals surface area contributed by atoms with Gasteiger partial charge in [-0.3, -0.25) is 4.79 Å². The highest BCUT2D eigenvalue weighted by atomic mass is 16.4. The van der Waals surface area contributed by atoms with Gasteiger partial charge in [-0.1, -0.05) is 63.3 Å². The average Bonchev–Trinajstić information content (AvgIpc) is 2.44. The highest BCUT2D eigenvalue weighted by Gasteiger charge is 1.95. The minimum atomic E-state index is -0.833. The van der Waals surface area contributed by atoms with Crippen LogP contribution in [0, 0.1) is 0 Å². The predicted octanol–water partition coefficient (Wildman–Crippen LogP) is 4.22. The fourth-order valence-electron chi connectivity index (χ4n) is 2.11. The largest absolute Gasteiger partial charge is 0.481 e. The third kappa shape index (κ3) is 13.4. The van der Waals surface area contributed by atoms with E-state index >= 15 is 0 Å². The van der Waals surface area contributed by atoms with Crippen molar-refractivity contribution in [2.45, 2.75) is 65.2 Å². The van der Waals surface area contributed by atoms with E-state index in [1.54, 1.807) is 0 Å². The van der Waals surface area contributed by atoms with E-state index in [1.165, 1.54) is 56.1 Å². The topological polar surface area (TPSA) is 57.5 Å². The molecule has 120 valence electrons. The number of aliphatic carboxylic acids is 1. The summed E-state index contributed by atoms with van der Waals surface area (Å²) in [6.07, 6.45) is 10.1. The lowest BCUT2D eigenvalue weighted by Gasteiger charge is -2.03. The summed E-state index contributed by atoms with van der Waals surface area (Å²) < 4.78 is 0. The first-order valence-corrected chi connectivity index (χ1v) is 7.98. The summed E-state index contributed by atoms with van der Waals surface area (Å²) >= 11 is 0. The van der Waals surface area contributed by atoms with Crippen LogP contribution in [-0.4, -0.2) is 22.8 Å². The number of aliphatic hydroxyl groups is 1. The van der Waals surface area contributed by atoms with Crippen LogP contribution in [0.5, 0.6) is 0 Å². The second-order valence-electron chi connectivity index (χ2n) is 5.33. The number of hydrogen-bond acceptors (Lipinski definition) is 2. The van der Waals surface area contributed by atoms with Gasteiger partial charge in [0.25, 0.3) is 5.97 Å². The number of benzene rings is 1. The quantitative estimate of drug-likeness (QED) is 0.671. The molecule has 3 nitrogen and oxygen atoms in total. The molecular weight excluding hydrogens is 264 g/mol. The third-order valence-corrected chi connectivity index (χ3v) is 3.24. The molecule has 1 aromatic carbocycles. The highest BCUT2D eigenvalue weighted by Crippen LogP contribution is 2.11. The Hall–Kier alpha value is -1.35. The number of unbranched alkanes of at least 4 members (excludes halogenated alkanes) is 5. The lowest BCUT2D eigenvalue weighted by Crippen LogP contribution is -1.91. The van der Waals surface area contributed by atoms with Crippen LogP contribution in [0.2, 0.25) is 0 Å². The van der Waals surface area contributed by atoms with Crippen LogP contribution in [0.25, 0.3) is 0 Å². The fourth-order valence-corrected chi connectivity index (χ4v) is 2.11. The van der Waals surface area contributed by atoms with E-state index in [1.807, 2.05) is 0 Å². The number of hydrogen-bond donors (Lipinski definition) is 2. The highest BCUT2D eigenvalue weighted by molar-refractivity contribution is 5.62. The van der Waals surface area contributed by atoms with Crippen LogP contribution in [0.4, 0.5) is 0 Å². The molecule has 0 radical (unpaired) electrons. The molecule has 0 aromatic heterocycles. The van der Waals surface area contributed by atoms with Crippen LogP contribution in [0.15, 0.2) is 24.3 Å². The van der Waals surface area contributed by atoms with E-state index in [-0.39, 0.29) is 6.61 Å². The smallest absolute Gasteiger partial charge is 0.300 e. The van der Waals surface area contributed by atoms with Crippen molar-refractivity contribution >= 4 is 5.97 Å². The van der Waals surface area contributed by atoms with E-state index in [4.69, 9.17) is 15.0 Å². The Labute approximate surface area is 129 Å². The fraction of sp³-hybridized carbons (Fsp3) is 0.611. The number of aliphatic hydroxyl groups excluding tert-OH is 1. The SMILES string of the molecule is CC(=O)O.CCCCCCCCc1ccc(CCO)cc1. The van der Waals surface area contributed by atoms with E-state index in [0.717, 1.165) is 13.3 Å². The molecule has 0 saturated carbocycles. The molecule has 0 heterocycles. The molecule has 0 amide bonds. The summed E-state index contributed by atoms with van der Waals surface area (Å²) in [7, 11) is 0. The Kier molecular flexibility index (Phi) is 12.7. The van der Waals surface area contributed by atoms with Gasteiger partial charge in [-0.2, -0.15) is 0 Å². The van der Waals surface area contributed by atoms with Gasteiger partial charge in [0.2, 0.25) is 0 Å². The number of rotatable bonds is 9. The van der Waals surface area contributed by atoms with Gasteiger partial charge in [-0.05, 0) is 30.4 Å². The van der Waals surface area contributed by atoms with Gasteiger partial charge in [-0.25, -0.2) is 0 Å². The molecule has 0 atom stereocenters. The molecule has 0 fully saturated rings. The standard InChI is InChI=1S/C16H26O.C2H4O2/c1-2-3-4-5-6-7-8-15-9-11-16(12-10-15)13-14-17;1-2(3)4/h9-12,17H,2-8,13-14H2,1H3;1H3,(H,3,4). The summed E-state index contributed by atoms with van der Waals surface area (Å²) in [5, 5.41) is 16.2. The molecule has 1 aromatic rings. The molecule has 0 bridgehead atoms. The Morgan fingerprint density at radius 1 is 0.905 bits per heavy atom. The van der Waals surface area contributed by atoms with Gasteiger partial charge >= 0.3 is 0 Å². The minimum Gasteiger partial charge on any atom is -0.481 e. The Morgan fingerprint density at radius 3 is 1.81 bits per heavy atom. The van der Waals surface area contributed by atoms with Crippen molar-refractivity contribution in [3.63, 3.8) is 0 Å². The molecule has 1 rings (SSSR count). The molecule has 0 aliphatic carbocycles. The van der Waals surface area contributed by atoms with Gasteiger partial charge in [0.05, 0.1) is 0 Å². The number of carboxylic acid groups (broad SMARTS) is 1. The molecule has 0 aliphatic heterocycles. The summed E-state index contributed by atoms with van der Waals surface area (Å²) in [6, 6.07) is 8.69. The van der Waals surface area contributed by atoms with Crippen molar-refractivity contribution in [2.75, 3.05) is 6.61 Å². The van der Waals surface area contributed by atoms with Crippen molar-refractivity contribution in [2.24, 2.45) is 0 Å². The zero-order chi connectivity index (χ0) is 15.9. The lowest BCUT2D eigenvalue weighted by molar-refractivity contribution is -0.134. The maximum atomic E-state index is 9.00. The van der Waals surface area contributed by atoms with Gasteiger partial charge in [0.15, 0.2) is 0 Å². The van der Waals surface area contributed by atoms with Gasteiger partial charge in [0, 0.05) is 13.5 Å². The van der Waals surface area contributed by atoms with Crippen molar-refractivity contribution < 1.29 is 15.0 Å². The van der Waals surface area contributed by atoms with E-state index < -0.39 is 5.97 Å². The normalized spacial score (nSPS) is 9.86. The predicted molar refractivity (Wildman–Crippen MR) is 87.6 cm³/mol. The summed E-state index contributed by atoms with van der Waals surface area (Å²) in [5.41, 5.74) is 2.67. The van der Waals surface area contributed by atoms with Crippen LogP contribution < -0.4 is 0 Å². The minimum absolute atomic E-state index is 0.247. The second-order valence-corrected chi connectivity index (χ2v) is 5.33.